The highest BCUT2D eigenvalue weighted by molar-refractivity contribution is 5.39. The van der Waals surface area contributed by atoms with Gasteiger partial charge in [0.15, 0.2) is 0 Å². The highest BCUT2D eigenvalue weighted by Gasteiger charge is 2.67. The topological polar surface area (TPSA) is 21.3 Å². The van der Waals surface area contributed by atoms with Crippen LogP contribution in [0.3, 0.4) is 0 Å². The first-order chi connectivity index (χ1) is 9.77. The molecule has 1 aliphatic rings. The molecule has 1 unspecified atom stereocenters. The molecule has 0 radical (unpaired) electrons. The third-order valence-electron chi connectivity index (χ3n) is 5.89. The summed E-state index contributed by atoms with van der Waals surface area (Å²) in [5.74, 6) is 1.61. The van der Waals surface area contributed by atoms with Gasteiger partial charge in [-0.1, -0.05) is 40.7 Å². The Hall–Kier alpha value is -1.02. The standard InChI is InChI=1S/C19H31NO/c1-8-11-20-16(17-18(3,4)19(17,5)6)15-10-9-14(21-7)12-13(15)2/h9-10,12,16-17,20H,8,11H2,1-7H3. The zero-order chi connectivity index (χ0) is 15.8. The van der Waals surface area contributed by atoms with Crippen molar-refractivity contribution < 1.29 is 4.74 Å². The van der Waals surface area contributed by atoms with Gasteiger partial charge in [-0.3, -0.25) is 0 Å². The molecule has 1 aliphatic carbocycles. The molecule has 2 heteroatoms. The van der Waals surface area contributed by atoms with Crippen LogP contribution >= 0.6 is 0 Å². The number of ether oxygens (including phenoxy) is 1. The largest absolute Gasteiger partial charge is 0.497 e. The van der Waals surface area contributed by atoms with E-state index in [1.807, 2.05) is 0 Å². The van der Waals surface area contributed by atoms with E-state index >= 15 is 0 Å². The fraction of sp³-hybridized carbons (Fsp3) is 0.684. The van der Waals surface area contributed by atoms with Gasteiger partial charge in [-0.15, -0.1) is 0 Å². The summed E-state index contributed by atoms with van der Waals surface area (Å²) in [6.45, 7) is 15.1. The van der Waals surface area contributed by atoms with Crippen LogP contribution < -0.4 is 10.1 Å². The van der Waals surface area contributed by atoms with E-state index in [4.69, 9.17) is 4.74 Å². The molecule has 2 rings (SSSR count). The molecule has 1 N–H and O–H groups in total. The summed E-state index contributed by atoms with van der Waals surface area (Å²) in [6.07, 6.45) is 1.17. The van der Waals surface area contributed by atoms with Crippen LogP contribution in [-0.4, -0.2) is 13.7 Å². The summed E-state index contributed by atoms with van der Waals surface area (Å²) < 4.78 is 5.35. The van der Waals surface area contributed by atoms with E-state index < -0.39 is 0 Å². The minimum Gasteiger partial charge on any atom is -0.497 e. The normalized spacial score (nSPS) is 21.1. The van der Waals surface area contributed by atoms with Crippen LogP contribution in [0.5, 0.6) is 5.75 Å². The molecule has 118 valence electrons. The van der Waals surface area contributed by atoms with Gasteiger partial charge in [0.25, 0.3) is 0 Å². The molecule has 0 spiro atoms. The molecule has 0 aromatic heterocycles. The lowest BCUT2D eigenvalue weighted by Gasteiger charge is -2.23. The Labute approximate surface area is 130 Å². The maximum Gasteiger partial charge on any atom is 0.119 e. The van der Waals surface area contributed by atoms with E-state index in [9.17, 15) is 0 Å². The van der Waals surface area contributed by atoms with E-state index in [2.05, 4.69) is 65.1 Å². The maximum atomic E-state index is 5.35. The van der Waals surface area contributed by atoms with Crippen LogP contribution in [0.2, 0.25) is 0 Å². The van der Waals surface area contributed by atoms with Crippen molar-refractivity contribution in [2.24, 2.45) is 16.7 Å². The van der Waals surface area contributed by atoms with E-state index in [1.165, 1.54) is 17.5 Å². The van der Waals surface area contributed by atoms with Crippen molar-refractivity contribution in [2.45, 2.75) is 54.0 Å². The molecule has 0 heterocycles. The van der Waals surface area contributed by atoms with Gasteiger partial charge in [0.2, 0.25) is 0 Å². The number of benzene rings is 1. The average molecular weight is 289 g/mol. The lowest BCUT2D eigenvalue weighted by molar-refractivity contribution is 0.402. The van der Waals surface area contributed by atoms with Crippen molar-refractivity contribution >= 4 is 0 Å². The highest BCUT2D eigenvalue weighted by Crippen LogP contribution is 2.72. The Balaban J connectivity index is 2.34. The number of hydrogen-bond acceptors (Lipinski definition) is 2. The second-order valence-corrected chi connectivity index (χ2v) is 7.58. The molecule has 0 amide bonds. The van der Waals surface area contributed by atoms with Gasteiger partial charge >= 0.3 is 0 Å². The molecular weight excluding hydrogens is 258 g/mol. The third kappa shape index (κ3) is 2.70. The zero-order valence-corrected chi connectivity index (χ0v) is 14.7. The first-order valence-electron chi connectivity index (χ1n) is 8.15. The number of aryl methyl sites for hydroxylation is 1. The van der Waals surface area contributed by atoms with Crippen molar-refractivity contribution in [3.8, 4) is 5.75 Å². The van der Waals surface area contributed by atoms with Crippen molar-refractivity contribution in [1.82, 2.24) is 5.32 Å². The van der Waals surface area contributed by atoms with Gasteiger partial charge in [-0.25, -0.2) is 0 Å². The molecule has 0 bridgehead atoms. The lowest BCUT2D eigenvalue weighted by atomic mass is 9.93. The van der Waals surface area contributed by atoms with Gasteiger partial charge in [0.1, 0.15) is 5.75 Å². The number of nitrogens with one attached hydrogen (secondary N) is 1. The summed E-state index contributed by atoms with van der Waals surface area (Å²) in [5.41, 5.74) is 3.50. The zero-order valence-electron chi connectivity index (χ0n) is 14.7. The number of rotatable bonds is 6. The number of hydrogen-bond donors (Lipinski definition) is 1. The van der Waals surface area contributed by atoms with Gasteiger partial charge in [0, 0.05) is 6.04 Å². The first kappa shape index (κ1) is 16.4. The van der Waals surface area contributed by atoms with Gasteiger partial charge in [-0.05, 0) is 59.9 Å². The predicted molar refractivity (Wildman–Crippen MR) is 89.8 cm³/mol. The summed E-state index contributed by atoms with van der Waals surface area (Å²) in [4.78, 5) is 0. The van der Waals surface area contributed by atoms with Crippen molar-refractivity contribution in [1.29, 1.82) is 0 Å². The van der Waals surface area contributed by atoms with Crippen LogP contribution in [0.15, 0.2) is 18.2 Å². The molecule has 1 atom stereocenters. The highest BCUT2D eigenvalue weighted by atomic mass is 16.5. The SMILES string of the molecule is CCCNC(c1ccc(OC)cc1C)C1C(C)(C)C1(C)C. The molecule has 1 aromatic rings. The lowest BCUT2D eigenvalue weighted by Crippen LogP contribution is -2.26. The predicted octanol–water partition coefficient (Wildman–Crippen LogP) is 4.73. The Bertz CT molecular complexity index is 490. The minimum atomic E-state index is 0.380. The van der Waals surface area contributed by atoms with Gasteiger partial charge in [-0.2, -0.15) is 0 Å². The van der Waals surface area contributed by atoms with Gasteiger partial charge < -0.3 is 10.1 Å². The Kier molecular flexibility index (Phi) is 4.39. The molecule has 1 aromatic carbocycles. The summed E-state index contributed by atoms with van der Waals surface area (Å²) in [7, 11) is 1.73. The third-order valence-corrected chi connectivity index (χ3v) is 5.89. The quantitative estimate of drug-likeness (QED) is 0.817. The van der Waals surface area contributed by atoms with Crippen LogP contribution in [-0.2, 0) is 0 Å². The average Bonchev–Trinajstić information content (AvgIpc) is 2.82. The summed E-state index contributed by atoms with van der Waals surface area (Å²) >= 11 is 0. The van der Waals surface area contributed by atoms with Crippen LogP contribution in [0.25, 0.3) is 0 Å². The van der Waals surface area contributed by atoms with Crippen molar-refractivity contribution in [3.63, 3.8) is 0 Å². The number of methoxy groups -OCH3 is 1. The maximum absolute atomic E-state index is 5.35. The summed E-state index contributed by atoms with van der Waals surface area (Å²) in [5, 5.41) is 3.80. The van der Waals surface area contributed by atoms with E-state index in [-0.39, 0.29) is 0 Å². The first-order valence-corrected chi connectivity index (χ1v) is 8.15. The van der Waals surface area contributed by atoms with E-state index in [0.717, 1.165) is 12.3 Å². The van der Waals surface area contributed by atoms with Gasteiger partial charge in [0.05, 0.1) is 7.11 Å². The fourth-order valence-electron chi connectivity index (χ4n) is 3.91. The second-order valence-electron chi connectivity index (χ2n) is 7.58. The van der Waals surface area contributed by atoms with Crippen molar-refractivity contribution in [2.75, 3.05) is 13.7 Å². The van der Waals surface area contributed by atoms with Crippen molar-refractivity contribution in [3.05, 3.63) is 29.3 Å². The minimum absolute atomic E-state index is 0.380. The molecule has 21 heavy (non-hydrogen) atoms. The van der Waals surface area contributed by atoms with Crippen LogP contribution in [0.1, 0.15) is 58.2 Å². The van der Waals surface area contributed by atoms with Crippen LogP contribution in [0, 0.1) is 23.7 Å². The smallest absolute Gasteiger partial charge is 0.119 e. The summed E-state index contributed by atoms with van der Waals surface area (Å²) in [6, 6.07) is 6.91. The van der Waals surface area contributed by atoms with Crippen LogP contribution in [0.4, 0.5) is 0 Å². The second kappa shape index (κ2) is 5.64. The molecular formula is C19H31NO. The Morgan fingerprint density at radius 3 is 2.24 bits per heavy atom. The molecule has 1 saturated carbocycles. The Morgan fingerprint density at radius 1 is 1.19 bits per heavy atom. The molecule has 0 aliphatic heterocycles. The van der Waals surface area contributed by atoms with E-state index in [0.29, 0.717) is 22.8 Å². The Morgan fingerprint density at radius 2 is 1.81 bits per heavy atom. The fourth-order valence-corrected chi connectivity index (χ4v) is 3.91. The van der Waals surface area contributed by atoms with E-state index in [1.54, 1.807) is 7.11 Å². The molecule has 1 fully saturated rings. The molecule has 0 saturated heterocycles. The monoisotopic (exact) mass is 289 g/mol. The molecule has 2 nitrogen and oxygen atoms in total.